The molecule has 100 valence electrons. The van der Waals surface area contributed by atoms with Crippen molar-refractivity contribution in [2.45, 2.75) is 6.54 Å². The number of rotatable bonds is 3. The highest BCUT2D eigenvalue weighted by Crippen LogP contribution is 2.12. The molecule has 0 amide bonds. The summed E-state index contributed by atoms with van der Waals surface area (Å²) >= 11 is 0. The van der Waals surface area contributed by atoms with Crippen molar-refractivity contribution in [3.63, 3.8) is 0 Å². The summed E-state index contributed by atoms with van der Waals surface area (Å²) < 4.78 is 0. The van der Waals surface area contributed by atoms with E-state index in [-0.39, 0.29) is 18.2 Å². The summed E-state index contributed by atoms with van der Waals surface area (Å²) in [7, 11) is 2.15. The minimum atomic E-state index is 0. The van der Waals surface area contributed by atoms with Crippen molar-refractivity contribution < 1.29 is 0 Å². The summed E-state index contributed by atoms with van der Waals surface area (Å²) in [6, 6.07) is 7.94. The van der Waals surface area contributed by atoms with Crippen LogP contribution in [0.5, 0.6) is 0 Å². The number of hydrogen-bond donors (Lipinski definition) is 2. The van der Waals surface area contributed by atoms with Gasteiger partial charge in [-0.1, -0.05) is 24.3 Å². The maximum Gasteiger partial charge on any atom is 0.123 e. The van der Waals surface area contributed by atoms with Crippen molar-refractivity contribution in [2.75, 3.05) is 33.2 Å². The largest absolute Gasteiger partial charge is 0.384 e. The Bertz CT molecular complexity index is 400. The SMILES string of the molecule is CN1CCN(Cc2ccccc2C(=N)N)CC1.Cl. The topological polar surface area (TPSA) is 56.4 Å². The molecule has 5 heteroatoms. The molecule has 1 fully saturated rings. The lowest BCUT2D eigenvalue weighted by atomic mass is 10.1. The lowest BCUT2D eigenvalue weighted by molar-refractivity contribution is 0.148. The van der Waals surface area contributed by atoms with Crippen LogP contribution in [0.3, 0.4) is 0 Å². The third-order valence-corrected chi connectivity index (χ3v) is 3.30. The van der Waals surface area contributed by atoms with Gasteiger partial charge in [0.1, 0.15) is 5.84 Å². The lowest BCUT2D eigenvalue weighted by Crippen LogP contribution is -2.44. The summed E-state index contributed by atoms with van der Waals surface area (Å²) in [4.78, 5) is 4.76. The molecule has 1 aromatic rings. The first-order valence-electron chi connectivity index (χ1n) is 6.00. The predicted octanol–water partition coefficient (Wildman–Crippen LogP) is 1.14. The zero-order valence-electron chi connectivity index (χ0n) is 10.7. The smallest absolute Gasteiger partial charge is 0.123 e. The molecule has 0 atom stereocenters. The quantitative estimate of drug-likeness (QED) is 0.639. The lowest BCUT2D eigenvalue weighted by Gasteiger charge is -2.32. The standard InChI is InChI=1S/C13H20N4.ClH/c1-16-6-8-17(9-7-16)10-11-4-2-3-5-12(11)13(14)15;/h2-5H,6-10H2,1H3,(H3,14,15);1H. The molecule has 1 aromatic carbocycles. The average molecular weight is 269 g/mol. The van der Waals surface area contributed by atoms with Crippen LogP contribution in [0.4, 0.5) is 0 Å². The van der Waals surface area contributed by atoms with Crippen LogP contribution in [0.25, 0.3) is 0 Å². The van der Waals surface area contributed by atoms with Crippen LogP contribution in [-0.4, -0.2) is 48.9 Å². The van der Waals surface area contributed by atoms with Gasteiger partial charge in [-0.3, -0.25) is 10.3 Å². The summed E-state index contributed by atoms with van der Waals surface area (Å²) in [5.74, 6) is 0.162. The van der Waals surface area contributed by atoms with Gasteiger partial charge in [-0.25, -0.2) is 0 Å². The molecule has 1 aliphatic heterocycles. The molecule has 18 heavy (non-hydrogen) atoms. The van der Waals surface area contributed by atoms with Gasteiger partial charge in [-0.15, -0.1) is 12.4 Å². The predicted molar refractivity (Wildman–Crippen MR) is 77.5 cm³/mol. The Hall–Kier alpha value is -1.10. The van der Waals surface area contributed by atoms with E-state index >= 15 is 0 Å². The van der Waals surface area contributed by atoms with Crippen LogP contribution in [0, 0.1) is 5.41 Å². The molecule has 4 nitrogen and oxygen atoms in total. The fourth-order valence-electron chi connectivity index (χ4n) is 2.17. The van der Waals surface area contributed by atoms with Crippen LogP contribution >= 0.6 is 12.4 Å². The molecular formula is C13H21ClN4. The molecule has 0 aliphatic carbocycles. The second-order valence-corrected chi connectivity index (χ2v) is 4.65. The van der Waals surface area contributed by atoms with E-state index in [1.807, 2.05) is 18.2 Å². The van der Waals surface area contributed by atoms with Crippen molar-refractivity contribution in [3.8, 4) is 0 Å². The molecule has 1 aliphatic rings. The van der Waals surface area contributed by atoms with Gasteiger partial charge in [0.05, 0.1) is 0 Å². The Morgan fingerprint density at radius 1 is 1.22 bits per heavy atom. The number of nitrogen functional groups attached to an aromatic ring is 1. The molecule has 0 spiro atoms. The van der Waals surface area contributed by atoms with E-state index in [4.69, 9.17) is 11.1 Å². The average Bonchev–Trinajstić information content (AvgIpc) is 2.32. The summed E-state index contributed by atoms with van der Waals surface area (Å²) in [6.45, 7) is 5.29. The number of halogens is 1. The van der Waals surface area contributed by atoms with Gasteiger partial charge < -0.3 is 10.6 Å². The maximum atomic E-state index is 7.58. The molecule has 1 saturated heterocycles. The van der Waals surface area contributed by atoms with E-state index in [1.165, 1.54) is 0 Å². The van der Waals surface area contributed by atoms with Gasteiger partial charge >= 0.3 is 0 Å². The van der Waals surface area contributed by atoms with Gasteiger partial charge in [0, 0.05) is 38.3 Å². The number of nitrogens with two attached hydrogens (primary N) is 1. The Morgan fingerprint density at radius 2 is 1.83 bits per heavy atom. The Labute approximate surface area is 115 Å². The Balaban J connectivity index is 0.00000162. The second-order valence-electron chi connectivity index (χ2n) is 4.65. The summed E-state index contributed by atoms with van der Waals surface area (Å²) in [6.07, 6.45) is 0. The molecule has 3 N–H and O–H groups in total. The van der Waals surface area contributed by atoms with Crippen LogP contribution in [0.2, 0.25) is 0 Å². The van der Waals surface area contributed by atoms with Gasteiger partial charge in [-0.2, -0.15) is 0 Å². The minimum absolute atomic E-state index is 0. The van der Waals surface area contributed by atoms with Crippen molar-refractivity contribution in [1.29, 1.82) is 5.41 Å². The molecule has 0 bridgehead atoms. The van der Waals surface area contributed by atoms with Crippen molar-refractivity contribution >= 4 is 18.2 Å². The van der Waals surface area contributed by atoms with Gasteiger partial charge in [0.25, 0.3) is 0 Å². The van der Waals surface area contributed by atoms with E-state index in [1.54, 1.807) is 0 Å². The highest BCUT2D eigenvalue weighted by molar-refractivity contribution is 5.96. The zero-order chi connectivity index (χ0) is 12.3. The van der Waals surface area contributed by atoms with Gasteiger partial charge in [0.15, 0.2) is 0 Å². The van der Waals surface area contributed by atoms with E-state index < -0.39 is 0 Å². The number of nitrogens with zero attached hydrogens (tertiary/aromatic N) is 2. The molecule has 0 radical (unpaired) electrons. The van der Waals surface area contributed by atoms with Crippen molar-refractivity contribution in [2.24, 2.45) is 5.73 Å². The minimum Gasteiger partial charge on any atom is -0.384 e. The monoisotopic (exact) mass is 268 g/mol. The molecule has 0 aromatic heterocycles. The molecule has 0 saturated carbocycles. The number of hydrogen-bond acceptors (Lipinski definition) is 3. The first-order chi connectivity index (χ1) is 8.16. The van der Waals surface area contributed by atoms with Crippen molar-refractivity contribution in [3.05, 3.63) is 35.4 Å². The number of nitrogens with one attached hydrogen (secondary N) is 1. The molecule has 0 unspecified atom stereocenters. The van der Waals surface area contributed by atoms with E-state index in [2.05, 4.69) is 22.9 Å². The second kappa shape index (κ2) is 6.73. The third-order valence-electron chi connectivity index (χ3n) is 3.30. The van der Waals surface area contributed by atoms with Crippen LogP contribution in [0.15, 0.2) is 24.3 Å². The first kappa shape index (κ1) is 15.0. The first-order valence-corrected chi connectivity index (χ1v) is 6.00. The van der Waals surface area contributed by atoms with E-state index in [9.17, 15) is 0 Å². The van der Waals surface area contributed by atoms with E-state index in [0.29, 0.717) is 0 Å². The number of benzene rings is 1. The molecule has 1 heterocycles. The van der Waals surface area contributed by atoms with Crippen LogP contribution in [-0.2, 0) is 6.54 Å². The third kappa shape index (κ3) is 3.70. The van der Waals surface area contributed by atoms with E-state index in [0.717, 1.165) is 43.9 Å². The fraction of sp³-hybridized carbons (Fsp3) is 0.462. The zero-order valence-corrected chi connectivity index (χ0v) is 11.5. The molecule has 2 rings (SSSR count). The molecular weight excluding hydrogens is 248 g/mol. The summed E-state index contributed by atoms with van der Waals surface area (Å²) in [5, 5.41) is 7.58. The maximum absolute atomic E-state index is 7.58. The highest BCUT2D eigenvalue weighted by Gasteiger charge is 2.15. The summed E-state index contributed by atoms with van der Waals surface area (Å²) in [5.41, 5.74) is 7.62. The van der Waals surface area contributed by atoms with Crippen LogP contribution < -0.4 is 5.73 Å². The number of amidine groups is 1. The van der Waals surface area contributed by atoms with Crippen molar-refractivity contribution in [1.82, 2.24) is 9.80 Å². The Morgan fingerprint density at radius 3 is 2.44 bits per heavy atom. The van der Waals surface area contributed by atoms with Gasteiger partial charge in [-0.05, 0) is 12.6 Å². The van der Waals surface area contributed by atoms with Gasteiger partial charge in [0.2, 0.25) is 0 Å². The highest BCUT2D eigenvalue weighted by atomic mass is 35.5. The fourth-order valence-corrected chi connectivity index (χ4v) is 2.17. The van der Waals surface area contributed by atoms with Crippen LogP contribution in [0.1, 0.15) is 11.1 Å². The number of piperazine rings is 1. The normalized spacial score (nSPS) is 17.2. The number of likely N-dealkylation sites (N-methyl/N-ethyl adjacent to an activating group) is 1. The Kier molecular flexibility index (Phi) is 5.59.